The summed E-state index contributed by atoms with van der Waals surface area (Å²) >= 11 is 1.41. The van der Waals surface area contributed by atoms with Crippen molar-refractivity contribution in [3.05, 3.63) is 30.2 Å². The number of nitrogens with zero attached hydrogens (tertiary/aromatic N) is 5. The molecule has 0 saturated heterocycles. The van der Waals surface area contributed by atoms with Gasteiger partial charge in [0.05, 0.1) is 5.56 Å². The molecule has 0 aromatic carbocycles. The van der Waals surface area contributed by atoms with Crippen LogP contribution in [0.2, 0.25) is 0 Å². The smallest absolute Gasteiger partial charge is 0.192 e. The van der Waals surface area contributed by atoms with Crippen molar-refractivity contribution < 1.29 is 0 Å². The molecule has 0 aliphatic carbocycles. The number of aromatic nitrogens is 4. The summed E-state index contributed by atoms with van der Waals surface area (Å²) in [6.45, 7) is 0. The highest BCUT2D eigenvalue weighted by molar-refractivity contribution is 7.99. The summed E-state index contributed by atoms with van der Waals surface area (Å²) in [5.74, 6) is 0. The van der Waals surface area contributed by atoms with Gasteiger partial charge in [0, 0.05) is 13.2 Å². The summed E-state index contributed by atoms with van der Waals surface area (Å²) in [7, 11) is 1.82. The van der Waals surface area contributed by atoms with Crippen molar-refractivity contribution in [1.29, 1.82) is 5.26 Å². The van der Waals surface area contributed by atoms with Crippen molar-refractivity contribution in [3.63, 3.8) is 0 Å². The fourth-order valence-electron chi connectivity index (χ4n) is 0.978. The van der Waals surface area contributed by atoms with Gasteiger partial charge in [-0.2, -0.15) is 10.4 Å². The molecular formula is C9H7N5S. The van der Waals surface area contributed by atoms with Gasteiger partial charge in [-0.1, -0.05) is 0 Å². The van der Waals surface area contributed by atoms with Gasteiger partial charge in [-0.05, 0) is 23.9 Å². The summed E-state index contributed by atoms with van der Waals surface area (Å²) in [6, 6.07) is 5.54. The van der Waals surface area contributed by atoms with E-state index in [0.717, 1.165) is 10.2 Å². The molecule has 6 heteroatoms. The van der Waals surface area contributed by atoms with E-state index < -0.39 is 0 Å². The molecule has 2 rings (SSSR count). The zero-order valence-electron chi connectivity index (χ0n) is 7.95. The van der Waals surface area contributed by atoms with Gasteiger partial charge in [0.2, 0.25) is 0 Å². The molecule has 0 unspecified atom stereocenters. The third kappa shape index (κ3) is 2.14. The molecule has 0 atom stereocenters. The first kappa shape index (κ1) is 9.68. The maximum atomic E-state index is 8.61. The molecule has 2 heterocycles. The molecule has 0 bridgehead atoms. The topological polar surface area (TPSA) is 67.4 Å². The SMILES string of the molecule is Cn1ncnc1Sc1ccc(C#N)cn1. The fraction of sp³-hybridized carbons (Fsp3) is 0.111. The third-order valence-corrected chi connectivity index (χ3v) is 2.73. The minimum absolute atomic E-state index is 0.553. The molecule has 5 nitrogen and oxygen atoms in total. The first-order chi connectivity index (χ1) is 7.29. The van der Waals surface area contributed by atoms with Gasteiger partial charge in [-0.25, -0.2) is 14.6 Å². The Labute approximate surface area is 90.8 Å². The van der Waals surface area contributed by atoms with Gasteiger partial charge in [0.25, 0.3) is 0 Å². The Morgan fingerprint density at radius 3 is 2.80 bits per heavy atom. The average Bonchev–Trinajstić information content (AvgIpc) is 2.66. The Morgan fingerprint density at radius 2 is 2.27 bits per heavy atom. The van der Waals surface area contributed by atoms with Crippen LogP contribution in [-0.2, 0) is 7.05 Å². The second-order valence-electron chi connectivity index (χ2n) is 2.77. The first-order valence-electron chi connectivity index (χ1n) is 4.17. The standard InChI is InChI=1S/C9H7N5S/c1-14-9(12-6-13-14)15-8-3-2-7(4-10)5-11-8/h2-3,5-6H,1H3. The van der Waals surface area contributed by atoms with Crippen LogP contribution in [0, 0.1) is 11.3 Å². The summed E-state index contributed by atoms with van der Waals surface area (Å²) in [5.41, 5.74) is 0.553. The highest BCUT2D eigenvalue weighted by atomic mass is 32.2. The Morgan fingerprint density at radius 1 is 1.40 bits per heavy atom. The maximum absolute atomic E-state index is 8.61. The van der Waals surface area contributed by atoms with Crippen LogP contribution >= 0.6 is 11.8 Å². The molecule has 2 aromatic rings. The van der Waals surface area contributed by atoms with Crippen molar-refractivity contribution in [2.45, 2.75) is 10.2 Å². The molecule has 2 aromatic heterocycles. The lowest BCUT2D eigenvalue weighted by molar-refractivity contribution is 0.684. The van der Waals surface area contributed by atoms with Crippen molar-refractivity contribution in [2.24, 2.45) is 7.05 Å². The van der Waals surface area contributed by atoms with Crippen LogP contribution in [0.5, 0.6) is 0 Å². The summed E-state index contributed by atoms with van der Waals surface area (Å²) < 4.78 is 1.67. The van der Waals surface area contributed by atoms with Crippen molar-refractivity contribution in [3.8, 4) is 6.07 Å². The van der Waals surface area contributed by atoms with E-state index in [4.69, 9.17) is 5.26 Å². The molecule has 0 aliphatic rings. The summed E-state index contributed by atoms with van der Waals surface area (Å²) in [4.78, 5) is 8.19. The lowest BCUT2D eigenvalue weighted by Gasteiger charge is -1.98. The first-order valence-corrected chi connectivity index (χ1v) is 4.99. The van der Waals surface area contributed by atoms with Gasteiger partial charge >= 0.3 is 0 Å². The van der Waals surface area contributed by atoms with Gasteiger partial charge in [-0.3, -0.25) is 0 Å². The monoisotopic (exact) mass is 217 g/mol. The number of rotatable bonds is 2. The minimum atomic E-state index is 0.553. The van der Waals surface area contributed by atoms with E-state index in [1.165, 1.54) is 18.1 Å². The van der Waals surface area contributed by atoms with E-state index in [9.17, 15) is 0 Å². The quantitative estimate of drug-likeness (QED) is 0.756. The predicted octanol–water partition coefficient (Wildman–Crippen LogP) is 1.23. The minimum Gasteiger partial charge on any atom is -0.248 e. The van der Waals surface area contributed by atoms with E-state index in [2.05, 4.69) is 15.1 Å². The molecule has 0 amide bonds. The molecule has 0 fully saturated rings. The highest BCUT2D eigenvalue weighted by Gasteiger charge is 2.04. The molecule has 0 saturated carbocycles. The molecule has 0 N–H and O–H groups in total. The molecule has 74 valence electrons. The second kappa shape index (κ2) is 4.11. The number of hydrogen-bond acceptors (Lipinski definition) is 5. The van der Waals surface area contributed by atoms with E-state index in [-0.39, 0.29) is 0 Å². The number of nitriles is 1. The number of hydrogen-bond donors (Lipinski definition) is 0. The summed E-state index contributed by atoms with van der Waals surface area (Å²) in [5, 5.41) is 14.1. The van der Waals surface area contributed by atoms with Crippen LogP contribution in [0.15, 0.2) is 34.8 Å². The molecular weight excluding hydrogens is 210 g/mol. The van der Waals surface area contributed by atoms with Gasteiger partial charge < -0.3 is 0 Å². The van der Waals surface area contributed by atoms with E-state index >= 15 is 0 Å². The number of aryl methyl sites for hydroxylation is 1. The van der Waals surface area contributed by atoms with Crippen molar-refractivity contribution in [1.82, 2.24) is 19.7 Å². The average molecular weight is 217 g/mol. The van der Waals surface area contributed by atoms with Crippen LogP contribution in [0.1, 0.15) is 5.56 Å². The van der Waals surface area contributed by atoms with Gasteiger partial charge in [0.15, 0.2) is 5.16 Å². The Kier molecular flexibility index (Phi) is 2.65. The predicted molar refractivity (Wildman–Crippen MR) is 54.1 cm³/mol. The van der Waals surface area contributed by atoms with E-state index in [1.54, 1.807) is 23.0 Å². The Balaban J connectivity index is 2.19. The lowest BCUT2D eigenvalue weighted by Crippen LogP contribution is -1.93. The molecule has 0 aliphatic heterocycles. The Hall–Kier alpha value is -1.87. The van der Waals surface area contributed by atoms with E-state index in [0.29, 0.717) is 5.56 Å². The largest absolute Gasteiger partial charge is 0.248 e. The van der Waals surface area contributed by atoms with Crippen LogP contribution in [0.25, 0.3) is 0 Å². The molecule has 0 spiro atoms. The van der Waals surface area contributed by atoms with Crippen LogP contribution in [-0.4, -0.2) is 19.7 Å². The second-order valence-corrected chi connectivity index (χ2v) is 3.75. The molecule has 0 radical (unpaired) electrons. The van der Waals surface area contributed by atoms with Crippen molar-refractivity contribution >= 4 is 11.8 Å². The Bertz CT molecular complexity index is 496. The van der Waals surface area contributed by atoms with Gasteiger partial charge in [0.1, 0.15) is 17.4 Å². The maximum Gasteiger partial charge on any atom is 0.192 e. The lowest BCUT2D eigenvalue weighted by atomic mass is 10.3. The fourth-order valence-corrected chi connectivity index (χ4v) is 1.69. The highest BCUT2D eigenvalue weighted by Crippen LogP contribution is 2.22. The van der Waals surface area contributed by atoms with Crippen LogP contribution in [0.3, 0.4) is 0 Å². The normalized spacial score (nSPS) is 9.87. The summed E-state index contributed by atoms with van der Waals surface area (Å²) in [6.07, 6.45) is 3.03. The van der Waals surface area contributed by atoms with Crippen molar-refractivity contribution in [2.75, 3.05) is 0 Å². The van der Waals surface area contributed by atoms with Crippen LogP contribution in [0.4, 0.5) is 0 Å². The zero-order valence-corrected chi connectivity index (χ0v) is 8.77. The number of pyridine rings is 1. The van der Waals surface area contributed by atoms with Gasteiger partial charge in [-0.15, -0.1) is 0 Å². The zero-order chi connectivity index (χ0) is 10.7. The van der Waals surface area contributed by atoms with E-state index in [1.807, 2.05) is 13.1 Å². The third-order valence-electron chi connectivity index (χ3n) is 1.73. The molecule has 15 heavy (non-hydrogen) atoms. The van der Waals surface area contributed by atoms with Crippen LogP contribution < -0.4 is 0 Å².